The van der Waals surface area contributed by atoms with E-state index < -0.39 is 18.0 Å². The number of aliphatic carboxylic acids is 1. The second-order valence-corrected chi connectivity index (χ2v) is 4.22. The van der Waals surface area contributed by atoms with E-state index in [2.05, 4.69) is 0 Å². The van der Waals surface area contributed by atoms with Crippen LogP contribution in [-0.4, -0.2) is 48.6 Å². The third kappa shape index (κ3) is 2.65. The maximum absolute atomic E-state index is 11.3. The van der Waals surface area contributed by atoms with E-state index in [1.807, 2.05) is 6.92 Å². The minimum atomic E-state index is -1.19. The van der Waals surface area contributed by atoms with E-state index in [4.69, 9.17) is 19.3 Å². The van der Waals surface area contributed by atoms with Crippen molar-refractivity contribution in [2.45, 2.75) is 25.2 Å². The van der Waals surface area contributed by atoms with Crippen LogP contribution in [-0.2, 0) is 23.8 Å². The maximum atomic E-state index is 11.3. The molecule has 2 saturated heterocycles. The molecule has 2 heterocycles. The summed E-state index contributed by atoms with van der Waals surface area (Å²) in [5.74, 6) is -1.59. The number of carboxylic acid groups (broad SMARTS) is 1. The number of carboxylic acids is 1. The zero-order valence-corrected chi connectivity index (χ0v) is 9.37. The molecule has 0 aromatic heterocycles. The third-order valence-corrected chi connectivity index (χ3v) is 2.89. The highest BCUT2D eigenvalue weighted by molar-refractivity contribution is 5.90. The Morgan fingerprint density at radius 1 is 1.24 bits per heavy atom. The summed E-state index contributed by atoms with van der Waals surface area (Å²) >= 11 is 0. The largest absolute Gasteiger partial charge is 0.478 e. The van der Waals surface area contributed by atoms with Gasteiger partial charge in [-0.25, -0.2) is 9.59 Å². The third-order valence-electron chi connectivity index (χ3n) is 2.89. The van der Waals surface area contributed by atoms with Gasteiger partial charge >= 0.3 is 11.9 Å². The number of fused-ring (bicyclic) bond motifs is 1. The van der Waals surface area contributed by atoms with Crippen LogP contribution < -0.4 is 0 Å². The molecule has 0 aromatic rings. The number of carbonyl (C=O) groups excluding carboxylic acids is 1. The Morgan fingerprint density at radius 2 is 1.94 bits per heavy atom. The van der Waals surface area contributed by atoms with Crippen molar-refractivity contribution in [1.82, 2.24) is 0 Å². The van der Waals surface area contributed by atoms with Gasteiger partial charge in [-0.3, -0.25) is 0 Å². The van der Waals surface area contributed by atoms with Gasteiger partial charge in [-0.05, 0) is 0 Å². The topological polar surface area (TPSA) is 82.1 Å². The molecule has 6 nitrogen and oxygen atoms in total. The lowest BCUT2D eigenvalue weighted by Gasteiger charge is -2.15. The molecule has 1 N–H and O–H groups in total. The smallest absolute Gasteiger partial charge is 0.331 e. The van der Waals surface area contributed by atoms with Gasteiger partial charge in [0.2, 0.25) is 0 Å². The van der Waals surface area contributed by atoms with Crippen molar-refractivity contribution in [2.75, 3.05) is 13.2 Å². The Labute approximate surface area is 98.1 Å². The Morgan fingerprint density at radius 3 is 2.65 bits per heavy atom. The van der Waals surface area contributed by atoms with Gasteiger partial charge in [0.1, 0.15) is 6.10 Å². The summed E-state index contributed by atoms with van der Waals surface area (Å²) in [7, 11) is 0. The predicted molar refractivity (Wildman–Crippen MR) is 55.3 cm³/mol. The first-order chi connectivity index (χ1) is 8.08. The van der Waals surface area contributed by atoms with Crippen molar-refractivity contribution in [1.29, 1.82) is 0 Å². The Kier molecular flexibility index (Phi) is 3.44. The molecule has 2 aliphatic rings. The van der Waals surface area contributed by atoms with Crippen LogP contribution in [0.25, 0.3) is 0 Å². The molecule has 4 atom stereocenters. The molecule has 0 saturated carbocycles. The summed E-state index contributed by atoms with van der Waals surface area (Å²) < 4.78 is 16.1. The highest BCUT2D eigenvalue weighted by Gasteiger charge is 2.47. The SMILES string of the molecule is C[C@H]1CO[C@H]2[C@@H]1OC[C@@H]2OC(=O)/C=C\C(=O)O. The van der Waals surface area contributed by atoms with Gasteiger partial charge in [0, 0.05) is 18.1 Å². The molecule has 94 valence electrons. The van der Waals surface area contributed by atoms with Crippen molar-refractivity contribution in [3.63, 3.8) is 0 Å². The number of esters is 1. The van der Waals surface area contributed by atoms with E-state index in [1.54, 1.807) is 0 Å². The molecule has 2 aliphatic heterocycles. The average Bonchev–Trinajstić information content (AvgIpc) is 2.81. The highest BCUT2D eigenvalue weighted by atomic mass is 16.6. The second-order valence-electron chi connectivity index (χ2n) is 4.22. The summed E-state index contributed by atoms with van der Waals surface area (Å²) in [4.78, 5) is 21.5. The fourth-order valence-electron chi connectivity index (χ4n) is 2.08. The van der Waals surface area contributed by atoms with Gasteiger partial charge in [-0.1, -0.05) is 6.92 Å². The molecule has 2 rings (SSSR count). The zero-order chi connectivity index (χ0) is 12.4. The molecule has 0 amide bonds. The lowest BCUT2D eigenvalue weighted by Crippen LogP contribution is -2.32. The van der Waals surface area contributed by atoms with Crippen molar-refractivity contribution >= 4 is 11.9 Å². The van der Waals surface area contributed by atoms with Crippen molar-refractivity contribution in [2.24, 2.45) is 5.92 Å². The molecule has 2 fully saturated rings. The van der Waals surface area contributed by atoms with Gasteiger partial charge in [0.15, 0.2) is 6.10 Å². The Bertz CT molecular complexity index is 350. The first-order valence-electron chi connectivity index (χ1n) is 5.42. The first kappa shape index (κ1) is 12.1. The van der Waals surface area contributed by atoms with Gasteiger partial charge < -0.3 is 19.3 Å². The Balaban J connectivity index is 1.88. The van der Waals surface area contributed by atoms with Crippen molar-refractivity contribution in [3.05, 3.63) is 12.2 Å². The number of rotatable bonds is 3. The lowest BCUT2D eigenvalue weighted by atomic mass is 10.0. The van der Waals surface area contributed by atoms with Crippen molar-refractivity contribution in [3.8, 4) is 0 Å². The standard InChI is InChI=1S/C11H14O6/c1-6-4-15-11-7(5-16-10(6)11)17-9(14)3-2-8(12)13/h2-3,6-7,10-11H,4-5H2,1H3,(H,12,13)/b3-2-/t6-,7-,10+,11+/m0/s1. The second kappa shape index (κ2) is 4.85. The fraction of sp³-hybridized carbons (Fsp3) is 0.636. The molecule has 6 heteroatoms. The normalized spacial score (nSPS) is 36.1. The predicted octanol–water partition coefficient (Wildman–Crippen LogP) is -0.0273. The molecule has 0 bridgehead atoms. The van der Waals surface area contributed by atoms with Gasteiger partial charge in [0.05, 0.1) is 19.3 Å². The molecule has 0 radical (unpaired) electrons. The number of ether oxygens (including phenoxy) is 3. The van der Waals surface area contributed by atoms with Crippen LogP contribution >= 0.6 is 0 Å². The summed E-state index contributed by atoms with van der Waals surface area (Å²) in [6.45, 7) is 2.90. The number of hydrogen-bond donors (Lipinski definition) is 1. The van der Waals surface area contributed by atoms with E-state index in [0.29, 0.717) is 19.1 Å². The van der Waals surface area contributed by atoms with Gasteiger partial charge in [-0.2, -0.15) is 0 Å². The average molecular weight is 242 g/mol. The van der Waals surface area contributed by atoms with Crippen LogP contribution in [0.4, 0.5) is 0 Å². The van der Waals surface area contributed by atoms with Crippen LogP contribution in [0.3, 0.4) is 0 Å². The first-order valence-corrected chi connectivity index (χ1v) is 5.42. The number of carbonyl (C=O) groups is 2. The van der Waals surface area contributed by atoms with E-state index in [0.717, 1.165) is 12.2 Å². The maximum Gasteiger partial charge on any atom is 0.331 e. The van der Waals surface area contributed by atoms with E-state index in [9.17, 15) is 9.59 Å². The van der Waals surface area contributed by atoms with Crippen LogP contribution in [0.1, 0.15) is 6.92 Å². The van der Waals surface area contributed by atoms with Crippen LogP contribution in [0.15, 0.2) is 12.2 Å². The van der Waals surface area contributed by atoms with Gasteiger partial charge in [0.25, 0.3) is 0 Å². The summed E-state index contributed by atoms with van der Waals surface area (Å²) in [6, 6.07) is 0. The molecule has 0 aromatic carbocycles. The van der Waals surface area contributed by atoms with Crippen LogP contribution in [0.5, 0.6) is 0 Å². The van der Waals surface area contributed by atoms with Crippen LogP contribution in [0, 0.1) is 5.92 Å². The lowest BCUT2D eigenvalue weighted by molar-refractivity contribution is -0.148. The van der Waals surface area contributed by atoms with E-state index in [1.165, 1.54) is 0 Å². The quantitative estimate of drug-likeness (QED) is 0.553. The molecule has 0 aliphatic carbocycles. The Hall–Kier alpha value is -1.40. The molecule has 17 heavy (non-hydrogen) atoms. The number of hydrogen-bond acceptors (Lipinski definition) is 5. The monoisotopic (exact) mass is 242 g/mol. The fourth-order valence-corrected chi connectivity index (χ4v) is 2.08. The van der Waals surface area contributed by atoms with Crippen LogP contribution in [0.2, 0.25) is 0 Å². The summed E-state index contributed by atoms with van der Waals surface area (Å²) in [5.41, 5.74) is 0. The molecule has 0 unspecified atom stereocenters. The zero-order valence-electron chi connectivity index (χ0n) is 9.37. The minimum absolute atomic E-state index is 0.0312. The molecular weight excluding hydrogens is 228 g/mol. The van der Waals surface area contributed by atoms with Gasteiger partial charge in [-0.15, -0.1) is 0 Å². The summed E-state index contributed by atoms with van der Waals surface area (Å²) in [6.07, 6.45) is 0.918. The molecular formula is C11H14O6. The van der Waals surface area contributed by atoms with Crippen molar-refractivity contribution < 1.29 is 28.9 Å². The minimum Gasteiger partial charge on any atom is -0.478 e. The van der Waals surface area contributed by atoms with E-state index in [-0.39, 0.29) is 12.2 Å². The summed E-state index contributed by atoms with van der Waals surface area (Å²) in [5, 5.41) is 8.36. The highest BCUT2D eigenvalue weighted by Crippen LogP contribution is 2.32. The molecule has 0 spiro atoms. The van der Waals surface area contributed by atoms with E-state index >= 15 is 0 Å².